The molecule has 2 bridgehead atoms. The number of benzene rings is 1. The molecule has 1 amide bonds. The van der Waals surface area contributed by atoms with Gasteiger partial charge in [-0.25, -0.2) is 4.98 Å². The molecule has 0 radical (unpaired) electrons. The van der Waals surface area contributed by atoms with Crippen molar-refractivity contribution in [2.75, 3.05) is 6.61 Å². The molecule has 1 aromatic carbocycles. The van der Waals surface area contributed by atoms with Crippen molar-refractivity contribution in [2.45, 2.75) is 24.0 Å². The number of halogens is 2. The van der Waals surface area contributed by atoms with E-state index in [4.69, 9.17) is 27.9 Å². The number of hydrogen-bond donors (Lipinski definition) is 1. The number of carbonyl (C=O) groups excluding carboxylic acids is 1. The van der Waals surface area contributed by atoms with Gasteiger partial charge in [-0.1, -0.05) is 35.3 Å². The molecule has 3 heterocycles. The highest BCUT2D eigenvalue weighted by Crippen LogP contribution is 2.52. The Morgan fingerprint density at radius 2 is 2.04 bits per heavy atom. The lowest BCUT2D eigenvalue weighted by Crippen LogP contribution is -2.62. The summed E-state index contributed by atoms with van der Waals surface area (Å²) in [5.74, 6) is -0.221. The standard InChI is InChI=1S/C17H14Cl2N2O2/c18-11-5-3-10(4-6-11)17-8-13(23-9-17)14(17)21-16(22)12-2-1-7-20-15(12)19/h1-7,13-14H,8-9H2,(H,21,22). The number of hydrogen-bond acceptors (Lipinski definition) is 3. The average Bonchev–Trinajstić information content (AvgIpc) is 3.13. The van der Waals surface area contributed by atoms with Crippen LogP contribution in [0.1, 0.15) is 22.3 Å². The van der Waals surface area contributed by atoms with Crippen LogP contribution in [0.5, 0.6) is 0 Å². The number of nitrogens with zero attached hydrogens (tertiary/aromatic N) is 1. The molecule has 1 aromatic heterocycles. The van der Waals surface area contributed by atoms with E-state index < -0.39 is 0 Å². The third kappa shape index (κ3) is 2.33. The fourth-order valence-electron chi connectivity index (χ4n) is 3.53. The third-order valence-corrected chi connectivity index (χ3v) is 5.35. The molecule has 2 saturated heterocycles. The Hall–Kier alpha value is -1.62. The smallest absolute Gasteiger partial charge is 0.254 e. The molecule has 3 unspecified atom stereocenters. The lowest BCUT2D eigenvalue weighted by Gasteiger charge is -2.45. The van der Waals surface area contributed by atoms with Crippen LogP contribution in [0, 0.1) is 0 Å². The largest absolute Gasteiger partial charge is 0.375 e. The number of aromatic nitrogens is 1. The Morgan fingerprint density at radius 3 is 2.74 bits per heavy atom. The first-order valence-corrected chi connectivity index (χ1v) is 8.15. The topological polar surface area (TPSA) is 51.2 Å². The Balaban J connectivity index is 1.59. The van der Waals surface area contributed by atoms with E-state index in [0.29, 0.717) is 17.2 Å². The van der Waals surface area contributed by atoms with Gasteiger partial charge in [-0.05, 0) is 36.2 Å². The van der Waals surface area contributed by atoms with Crippen LogP contribution in [0.25, 0.3) is 0 Å². The second kappa shape index (κ2) is 5.48. The quantitative estimate of drug-likeness (QED) is 0.866. The maximum absolute atomic E-state index is 12.5. The number of carbonyl (C=O) groups is 1. The van der Waals surface area contributed by atoms with Crippen LogP contribution >= 0.6 is 23.2 Å². The zero-order valence-corrected chi connectivity index (χ0v) is 13.6. The van der Waals surface area contributed by atoms with Crippen molar-refractivity contribution in [2.24, 2.45) is 0 Å². The van der Waals surface area contributed by atoms with Crippen LogP contribution in [0.4, 0.5) is 0 Å². The summed E-state index contributed by atoms with van der Waals surface area (Å²) < 4.78 is 5.80. The second-order valence-corrected chi connectivity index (χ2v) is 6.80. The van der Waals surface area contributed by atoms with Crippen LogP contribution in [0.15, 0.2) is 42.6 Å². The highest BCUT2D eigenvalue weighted by Gasteiger charge is 2.62. The lowest BCUT2D eigenvalue weighted by molar-refractivity contribution is 0.0679. The van der Waals surface area contributed by atoms with Crippen molar-refractivity contribution in [1.29, 1.82) is 0 Å². The van der Waals surface area contributed by atoms with Gasteiger partial charge in [0.1, 0.15) is 5.15 Å². The molecule has 6 heteroatoms. The Labute approximate surface area is 143 Å². The van der Waals surface area contributed by atoms with E-state index in [1.807, 2.05) is 24.3 Å². The number of nitrogens with one attached hydrogen (secondary N) is 1. The van der Waals surface area contributed by atoms with Gasteiger partial charge in [-0.15, -0.1) is 0 Å². The molecule has 5 rings (SSSR count). The van der Waals surface area contributed by atoms with Gasteiger partial charge in [-0.2, -0.15) is 0 Å². The molecule has 4 nitrogen and oxygen atoms in total. The summed E-state index contributed by atoms with van der Waals surface area (Å²) in [6.45, 7) is 0.602. The summed E-state index contributed by atoms with van der Waals surface area (Å²) in [5.41, 5.74) is 1.34. The molecule has 1 N–H and O–H groups in total. The first-order valence-electron chi connectivity index (χ1n) is 7.39. The normalized spacial score (nSPS) is 28.3. The van der Waals surface area contributed by atoms with E-state index in [9.17, 15) is 4.79 Å². The van der Waals surface area contributed by atoms with Crippen LogP contribution in [0.3, 0.4) is 0 Å². The van der Waals surface area contributed by atoms with Crippen LogP contribution in [-0.2, 0) is 10.2 Å². The van der Waals surface area contributed by atoms with Crippen molar-refractivity contribution in [1.82, 2.24) is 10.3 Å². The minimum atomic E-state index is -0.221. The predicted molar refractivity (Wildman–Crippen MR) is 88.0 cm³/mol. The van der Waals surface area contributed by atoms with Crippen molar-refractivity contribution in [3.63, 3.8) is 0 Å². The van der Waals surface area contributed by atoms with Gasteiger partial charge in [0.15, 0.2) is 0 Å². The molecule has 2 aliphatic heterocycles. The van der Waals surface area contributed by atoms with Crippen molar-refractivity contribution < 1.29 is 9.53 Å². The van der Waals surface area contributed by atoms with E-state index in [-0.39, 0.29) is 28.6 Å². The lowest BCUT2D eigenvalue weighted by atomic mass is 9.61. The zero-order valence-electron chi connectivity index (χ0n) is 12.1. The van der Waals surface area contributed by atoms with Crippen molar-refractivity contribution in [3.05, 3.63) is 63.9 Å². The van der Waals surface area contributed by atoms with Gasteiger partial charge in [-0.3, -0.25) is 4.79 Å². The fourth-order valence-corrected chi connectivity index (χ4v) is 3.86. The van der Waals surface area contributed by atoms with Crippen LogP contribution < -0.4 is 5.32 Å². The summed E-state index contributed by atoms with van der Waals surface area (Å²) in [7, 11) is 0. The molecule has 0 spiro atoms. The van der Waals surface area contributed by atoms with Gasteiger partial charge >= 0.3 is 0 Å². The Bertz CT molecular complexity index is 761. The molecule has 2 aromatic rings. The average molecular weight is 349 g/mol. The van der Waals surface area contributed by atoms with Gasteiger partial charge in [0.2, 0.25) is 0 Å². The molecule has 118 valence electrons. The van der Waals surface area contributed by atoms with E-state index in [1.54, 1.807) is 18.3 Å². The third-order valence-electron chi connectivity index (χ3n) is 4.80. The maximum Gasteiger partial charge on any atom is 0.254 e. The summed E-state index contributed by atoms with van der Waals surface area (Å²) in [6, 6.07) is 11.0. The SMILES string of the molecule is O=C(NC1C2CC1(c1ccc(Cl)cc1)CO2)c1cccnc1Cl. The van der Waals surface area contributed by atoms with E-state index in [2.05, 4.69) is 10.3 Å². The first-order chi connectivity index (χ1) is 11.1. The number of fused-ring (bicyclic) bond motifs is 1. The highest BCUT2D eigenvalue weighted by molar-refractivity contribution is 6.32. The van der Waals surface area contributed by atoms with Gasteiger partial charge in [0.05, 0.1) is 24.3 Å². The molecule has 3 fully saturated rings. The van der Waals surface area contributed by atoms with Gasteiger partial charge in [0.25, 0.3) is 5.91 Å². The molecule has 3 aliphatic rings. The van der Waals surface area contributed by atoms with Crippen molar-refractivity contribution in [3.8, 4) is 0 Å². The summed E-state index contributed by atoms with van der Waals surface area (Å²) in [5, 5.41) is 3.97. The number of ether oxygens (including phenoxy) is 1. The Kier molecular flexibility index (Phi) is 3.56. The first kappa shape index (κ1) is 14.9. The number of rotatable bonds is 3. The predicted octanol–water partition coefficient (Wildman–Crippen LogP) is 3.23. The van der Waals surface area contributed by atoms with Crippen molar-refractivity contribution >= 4 is 29.1 Å². The monoisotopic (exact) mass is 348 g/mol. The number of amides is 1. The Morgan fingerprint density at radius 1 is 1.26 bits per heavy atom. The van der Waals surface area contributed by atoms with E-state index >= 15 is 0 Å². The van der Waals surface area contributed by atoms with Crippen LogP contribution in [-0.4, -0.2) is 29.6 Å². The van der Waals surface area contributed by atoms with Gasteiger partial charge < -0.3 is 10.1 Å². The molecular formula is C17H14Cl2N2O2. The summed E-state index contributed by atoms with van der Waals surface area (Å²) in [4.78, 5) is 16.5. The van der Waals surface area contributed by atoms with Gasteiger partial charge in [0, 0.05) is 16.6 Å². The second-order valence-electron chi connectivity index (χ2n) is 6.01. The fraction of sp³-hybridized carbons (Fsp3) is 0.294. The van der Waals surface area contributed by atoms with Crippen LogP contribution in [0.2, 0.25) is 10.2 Å². The molecule has 3 atom stereocenters. The minimum Gasteiger partial charge on any atom is -0.375 e. The molecular weight excluding hydrogens is 335 g/mol. The maximum atomic E-state index is 12.5. The molecule has 1 saturated carbocycles. The minimum absolute atomic E-state index is 0.0464. The molecule has 1 aliphatic carbocycles. The summed E-state index contributed by atoms with van der Waals surface area (Å²) >= 11 is 12.0. The highest BCUT2D eigenvalue weighted by atomic mass is 35.5. The van der Waals surface area contributed by atoms with E-state index in [0.717, 1.165) is 12.0 Å². The molecule has 23 heavy (non-hydrogen) atoms. The summed E-state index contributed by atoms with van der Waals surface area (Å²) in [6.07, 6.45) is 2.51. The number of pyridine rings is 1. The zero-order chi connectivity index (χ0) is 16.0. The van der Waals surface area contributed by atoms with E-state index in [1.165, 1.54) is 0 Å².